The third-order valence-electron chi connectivity index (χ3n) is 2.77. The van der Waals surface area contributed by atoms with E-state index in [0.717, 1.165) is 6.61 Å². The first-order valence-electron chi connectivity index (χ1n) is 5.03. The molecule has 1 aliphatic heterocycles. The van der Waals surface area contributed by atoms with Gasteiger partial charge in [0.2, 0.25) is 0 Å². The summed E-state index contributed by atoms with van der Waals surface area (Å²) in [6, 6.07) is 10.7. The Kier molecular flexibility index (Phi) is 2.65. The number of benzene rings is 1. The molecule has 0 aliphatic carbocycles. The van der Waals surface area contributed by atoms with Gasteiger partial charge in [0.1, 0.15) is 0 Å². The highest BCUT2D eigenvalue weighted by molar-refractivity contribution is 5.19. The maximum absolute atomic E-state index is 5.64. The molecule has 1 saturated heterocycles. The molecule has 0 saturated carbocycles. The van der Waals surface area contributed by atoms with Gasteiger partial charge in [-0.05, 0) is 25.3 Å². The van der Waals surface area contributed by atoms with Crippen molar-refractivity contribution < 1.29 is 4.74 Å². The first-order chi connectivity index (χ1) is 6.36. The molecule has 13 heavy (non-hydrogen) atoms. The summed E-state index contributed by atoms with van der Waals surface area (Å²) in [5.41, 5.74) is 1.43. The Balaban J connectivity index is 2.03. The molecule has 2 unspecified atom stereocenters. The molecule has 1 heteroatoms. The van der Waals surface area contributed by atoms with Gasteiger partial charge in [-0.15, -0.1) is 0 Å². The van der Waals surface area contributed by atoms with Gasteiger partial charge in [-0.3, -0.25) is 0 Å². The number of hydrogen-bond acceptors (Lipinski definition) is 1. The van der Waals surface area contributed by atoms with Crippen molar-refractivity contribution >= 4 is 0 Å². The molecule has 1 nitrogen and oxygen atoms in total. The van der Waals surface area contributed by atoms with Crippen LogP contribution in [0, 0.1) is 0 Å². The van der Waals surface area contributed by atoms with Crippen LogP contribution in [0.3, 0.4) is 0 Å². The lowest BCUT2D eigenvalue weighted by atomic mass is 9.92. The second-order valence-electron chi connectivity index (χ2n) is 3.83. The normalized spacial score (nSPS) is 28.7. The Morgan fingerprint density at radius 3 is 2.54 bits per heavy atom. The molecule has 0 spiro atoms. The highest BCUT2D eigenvalue weighted by Crippen LogP contribution is 2.27. The minimum absolute atomic E-state index is 0.458. The summed E-state index contributed by atoms with van der Waals surface area (Å²) in [6.45, 7) is 3.05. The average molecular weight is 176 g/mol. The van der Waals surface area contributed by atoms with Crippen molar-refractivity contribution in [3.8, 4) is 0 Å². The topological polar surface area (TPSA) is 9.23 Å². The smallest absolute Gasteiger partial charge is 0.0547 e. The molecule has 1 aromatic carbocycles. The SMILES string of the molecule is CC1CCC(c2ccccc2)CO1. The van der Waals surface area contributed by atoms with Crippen LogP contribution in [0.2, 0.25) is 0 Å². The molecule has 1 aliphatic rings. The quantitative estimate of drug-likeness (QED) is 0.639. The molecule has 0 bridgehead atoms. The molecule has 0 N–H and O–H groups in total. The van der Waals surface area contributed by atoms with Crippen LogP contribution < -0.4 is 0 Å². The van der Waals surface area contributed by atoms with Crippen molar-refractivity contribution in [2.45, 2.75) is 31.8 Å². The highest BCUT2D eigenvalue weighted by atomic mass is 16.5. The van der Waals surface area contributed by atoms with E-state index in [9.17, 15) is 0 Å². The maximum atomic E-state index is 5.64. The minimum Gasteiger partial charge on any atom is -0.378 e. The lowest BCUT2D eigenvalue weighted by Crippen LogP contribution is -2.22. The molecule has 0 radical (unpaired) electrons. The maximum Gasteiger partial charge on any atom is 0.0547 e. The van der Waals surface area contributed by atoms with Gasteiger partial charge >= 0.3 is 0 Å². The summed E-state index contributed by atoms with van der Waals surface area (Å²) in [5.74, 6) is 0.623. The largest absolute Gasteiger partial charge is 0.378 e. The third kappa shape index (κ3) is 2.10. The van der Waals surface area contributed by atoms with E-state index in [1.54, 1.807) is 0 Å². The van der Waals surface area contributed by atoms with Crippen molar-refractivity contribution in [1.29, 1.82) is 0 Å². The van der Waals surface area contributed by atoms with Crippen LogP contribution in [-0.2, 0) is 4.74 Å². The zero-order valence-corrected chi connectivity index (χ0v) is 8.07. The van der Waals surface area contributed by atoms with E-state index in [1.807, 2.05) is 0 Å². The molecule has 2 atom stereocenters. The number of hydrogen-bond donors (Lipinski definition) is 0. The zero-order valence-electron chi connectivity index (χ0n) is 8.07. The molecular weight excluding hydrogens is 160 g/mol. The minimum atomic E-state index is 0.458. The van der Waals surface area contributed by atoms with Gasteiger partial charge in [0.05, 0.1) is 12.7 Å². The van der Waals surface area contributed by atoms with Gasteiger partial charge < -0.3 is 4.74 Å². The van der Waals surface area contributed by atoms with E-state index in [-0.39, 0.29) is 0 Å². The Hall–Kier alpha value is -0.820. The van der Waals surface area contributed by atoms with E-state index < -0.39 is 0 Å². The predicted molar refractivity (Wildman–Crippen MR) is 53.8 cm³/mol. The summed E-state index contributed by atoms with van der Waals surface area (Å²) >= 11 is 0. The van der Waals surface area contributed by atoms with Gasteiger partial charge in [0.25, 0.3) is 0 Å². The molecule has 0 aromatic heterocycles. The van der Waals surface area contributed by atoms with E-state index in [2.05, 4.69) is 37.3 Å². The van der Waals surface area contributed by atoms with Gasteiger partial charge in [-0.25, -0.2) is 0 Å². The summed E-state index contributed by atoms with van der Waals surface area (Å²) < 4.78 is 5.64. The lowest BCUT2D eigenvalue weighted by molar-refractivity contribution is 0.0155. The van der Waals surface area contributed by atoms with Gasteiger partial charge in [-0.2, -0.15) is 0 Å². The number of rotatable bonds is 1. The molecule has 1 heterocycles. The van der Waals surface area contributed by atoms with E-state index >= 15 is 0 Å². The Labute approximate surface area is 79.7 Å². The predicted octanol–water partition coefficient (Wildman–Crippen LogP) is 2.97. The Morgan fingerprint density at radius 2 is 1.92 bits per heavy atom. The van der Waals surface area contributed by atoms with Gasteiger partial charge in [0.15, 0.2) is 0 Å². The molecule has 2 rings (SSSR count). The first-order valence-corrected chi connectivity index (χ1v) is 5.03. The van der Waals surface area contributed by atoms with Crippen LogP contribution in [0.5, 0.6) is 0 Å². The summed E-state index contributed by atoms with van der Waals surface area (Å²) in [4.78, 5) is 0. The molecule has 1 fully saturated rings. The van der Waals surface area contributed by atoms with E-state index in [4.69, 9.17) is 4.74 Å². The molecule has 1 aromatic rings. The van der Waals surface area contributed by atoms with Crippen LogP contribution in [0.1, 0.15) is 31.2 Å². The fourth-order valence-electron chi connectivity index (χ4n) is 1.87. The van der Waals surface area contributed by atoms with Crippen LogP contribution in [-0.4, -0.2) is 12.7 Å². The van der Waals surface area contributed by atoms with Gasteiger partial charge in [0, 0.05) is 5.92 Å². The van der Waals surface area contributed by atoms with Crippen molar-refractivity contribution in [2.75, 3.05) is 6.61 Å². The van der Waals surface area contributed by atoms with E-state index in [0.29, 0.717) is 12.0 Å². The second kappa shape index (κ2) is 3.93. The third-order valence-corrected chi connectivity index (χ3v) is 2.77. The van der Waals surface area contributed by atoms with Crippen LogP contribution in [0.4, 0.5) is 0 Å². The zero-order chi connectivity index (χ0) is 9.10. The summed E-state index contributed by atoms with van der Waals surface area (Å²) in [7, 11) is 0. The van der Waals surface area contributed by atoms with Crippen LogP contribution in [0.25, 0.3) is 0 Å². The Morgan fingerprint density at radius 1 is 1.15 bits per heavy atom. The number of ether oxygens (including phenoxy) is 1. The first kappa shape index (κ1) is 8.76. The average Bonchev–Trinajstić information content (AvgIpc) is 2.20. The standard InChI is InChI=1S/C12H16O/c1-10-7-8-12(9-13-10)11-5-3-2-4-6-11/h2-6,10,12H,7-9H2,1H3. The van der Waals surface area contributed by atoms with Crippen molar-refractivity contribution in [1.82, 2.24) is 0 Å². The van der Waals surface area contributed by atoms with Crippen molar-refractivity contribution in [3.63, 3.8) is 0 Å². The van der Waals surface area contributed by atoms with Crippen molar-refractivity contribution in [3.05, 3.63) is 35.9 Å². The van der Waals surface area contributed by atoms with Crippen molar-refractivity contribution in [2.24, 2.45) is 0 Å². The fourth-order valence-corrected chi connectivity index (χ4v) is 1.87. The van der Waals surface area contributed by atoms with Gasteiger partial charge in [-0.1, -0.05) is 30.3 Å². The highest BCUT2D eigenvalue weighted by Gasteiger charge is 2.19. The lowest BCUT2D eigenvalue weighted by Gasteiger charge is -2.26. The molecule has 0 amide bonds. The fraction of sp³-hybridized carbons (Fsp3) is 0.500. The Bertz CT molecular complexity index is 247. The molecular formula is C12H16O. The van der Waals surface area contributed by atoms with Crippen LogP contribution >= 0.6 is 0 Å². The second-order valence-corrected chi connectivity index (χ2v) is 3.83. The van der Waals surface area contributed by atoms with E-state index in [1.165, 1.54) is 18.4 Å². The van der Waals surface area contributed by atoms with Crippen LogP contribution in [0.15, 0.2) is 30.3 Å². The molecule has 70 valence electrons. The summed E-state index contributed by atoms with van der Waals surface area (Å²) in [6.07, 6.45) is 2.92. The monoisotopic (exact) mass is 176 g/mol. The summed E-state index contributed by atoms with van der Waals surface area (Å²) in [5, 5.41) is 0.